The van der Waals surface area contributed by atoms with Gasteiger partial charge in [0.1, 0.15) is 22.8 Å². The second kappa shape index (κ2) is 13.2. The first-order chi connectivity index (χ1) is 21.5. The average molecular weight is 624 g/mol. The highest BCUT2D eigenvalue weighted by Gasteiger charge is 2.48. The zero-order valence-electron chi connectivity index (χ0n) is 26.1. The van der Waals surface area contributed by atoms with Gasteiger partial charge in [-0.25, -0.2) is 10.0 Å². The van der Waals surface area contributed by atoms with Gasteiger partial charge in [-0.15, -0.1) is 0 Å². The Morgan fingerprint density at radius 3 is 2.18 bits per heavy atom. The Morgan fingerprint density at radius 2 is 1.62 bits per heavy atom. The Hall–Kier alpha value is -4.57. The highest BCUT2D eigenvalue weighted by Crippen LogP contribution is 2.36. The first-order valence-corrected chi connectivity index (χ1v) is 15.8. The molecule has 0 N–H and O–H groups in total. The van der Waals surface area contributed by atoms with Gasteiger partial charge in [0.15, 0.2) is 0 Å². The van der Waals surface area contributed by atoms with Crippen LogP contribution in [0.4, 0.5) is 0 Å². The summed E-state index contributed by atoms with van der Waals surface area (Å²) in [5.41, 5.74) is 1.90. The summed E-state index contributed by atoms with van der Waals surface area (Å²) in [6.07, 6.45) is 3.29. The topological polar surface area (TPSA) is 103 Å². The zero-order chi connectivity index (χ0) is 32.3. The second-order valence-electron chi connectivity index (χ2n) is 12.1. The highest BCUT2D eigenvalue weighted by atomic mass is 32.2. The third-order valence-electron chi connectivity index (χ3n) is 7.67. The number of nitrogens with zero attached hydrogens (tertiary/aromatic N) is 5. The second-order valence-corrected chi connectivity index (χ2v) is 13.8. The van der Waals surface area contributed by atoms with E-state index in [0.717, 1.165) is 5.56 Å². The van der Waals surface area contributed by atoms with E-state index in [1.807, 2.05) is 76.2 Å². The quantitative estimate of drug-likeness (QED) is 0.322. The number of hydrazine groups is 1. The first-order valence-electron chi connectivity index (χ1n) is 14.9. The smallest absolute Gasteiger partial charge is 0.277 e. The van der Waals surface area contributed by atoms with Gasteiger partial charge < -0.3 is 0 Å². The van der Waals surface area contributed by atoms with Crippen LogP contribution in [0, 0.1) is 5.92 Å². The summed E-state index contributed by atoms with van der Waals surface area (Å²) in [6.45, 7) is 9.54. The van der Waals surface area contributed by atoms with Crippen LogP contribution in [0.3, 0.4) is 0 Å². The van der Waals surface area contributed by atoms with Crippen molar-refractivity contribution in [3.63, 3.8) is 0 Å². The Balaban J connectivity index is 1.69. The molecule has 2 atom stereocenters. The summed E-state index contributed by atoms with van der Waals surface area (Å²) in [6, 6.07) is 21.5. The first kappa shape index (κ1) is 31.8. The molecule has 0 aliphatic carbocycles. The summed E-state index contributed by atoms with van der Waals surface area (Å²) in [5.74, 6) is -2.11. The lowest BCUT2D eigenvalue weighted by Gasteiger charge is -2.46. The van der Waals surface area contributed by atoms with Gasteiger partial charge in [-0.1, -0.05) is 92.3 Å². The summed E-state index contributed by atoms with van der Waals surface area (Å²) in [5, 5.41) is 2.90. The minimum Gasteiger partial charge on any atom is -0.299 e. The number of hydrogen-bond donors (Lipinski definition) is 0. The Bertz CT molecular complexity index is 1640. The molecule has 2 aromatic carbocycles. The molecule has 45 heavy (non-hydrogen) atoms. The van der Waals surface area contributed by atoms with Crippen LogP contribution in [0.5, 0.6) is 0 Å². The highest BCUT2D eigenvalue weighted by molar-refractivity contribution is 8.17. The molecule has 2 aliphatic heterocycles. The van der Waals surface area contributed by atoms with Gasteiger partial charge in [0, 0.05) is 36.1 Å². The fraction of sp³-hybridized carbons (Fsp3) is 0.314. The van der Waals surface area contributed by atoms with E-state index in [-0.39, 0.29) is 28.6 Å². The maximum absolute atomic E-state index is 14.8. The summed E-state index contributed by atoms with van der Waals surface area (Å²) < 4.78 is -0.269. The van der Waals surface area contributed by atoms with E-state index in [1.165, 1.54) is 39.8 Å². The molecule has 0 spiro atoms. The van der Waals surface area contributed by atoms with Gasteiger partial charge in [0.25, 0.3) is 11.8 Å². The molecule has 0 unspecified atom stereocenters. The number of amides is 3. The average Bonchev–Trinajstić information content (AvgIpc) is 3.40. The van der Waals surface area contributed by atoms with Crippen molar-refractivity contribution < 1.29 is 19.2 Å². The molecule has 2 aliphatic rings. The van der Waals surface area contributed by atoms with E-state index in [4.69, 9.17) is 0 Å². The van der Waals surface area contributed by atoms with Gasteiger partial charge >= 0.3 is 0 Å². The van der Waals surface area contributed by atoms with Gasteiger partial charge in [-0.2, -0.15) is 0 Å². The fourth-order valence-electron chi connectivity index (χ4n) is 5.56. The monoisotopic (exact) mass is 623 g/mol. The molecule has 0 saturated heterocycles. The summed E-state index contributed by atoms with van der Waals surface area (Å²) >= 11 is 1.38. The lowest BCUT2D eigenvalue weighted by molar-refractivity contribution is -0.165. The molecular formula is C35H37N5O4S. The van der Waals surface area contributed by atoms with Crippen LogP contribution in [0.1, 0.15) is 56.2 Å². The predicted molar refractivity (Wildman–Crippen MR) is 176 cm³/mol. The Labute approximate surface area is 268 Å². The number of carbonyl (C=O) groups excluding carboxylic acids is 4. The zero-order valence-corrected chi connectivity index (χ0v) is 26.9. The number of carbonyl (C=O) groups is 4. The van der Waals surface area contributed by atoms with E-state index >= 15 is 0 Å². The number of Topliss-reactive ketones (excluding diaryl/α,β-unsaturated/α-hetero) is 1. The standard InChI is InChI=1S/C35H37N5O4S/c1-23(2)30-34(44)40(29(26-16-10-7-11-17-26)21-38(30)33(43)27-18-12-13-19-36-27)39(24(3)41)28(20-25-14-8-6-9-15-25)31(42)32-37-22-35(4,5)45-32/h6-19,21,23,28,30H,20,22H2,1-5H3/t28-,30+/m0/s1. The number of thioether (sulfide) groups is 1. The van der Waals surface area contributed by atoms with E-state index < -0.39 is 29.8 Å². The molecular weight excluding hydrogens is 586 g/mol. The van der Waals surface area contributed by atoms with Crippen LogP contribution in [-0.2, 0) is 20.8 Å². The molecule has 3 heterocycles. The van der Waals surface area contributed by atoms with Gasteiger partial charge in [0.05, 0.1) is 12.2 Å². The van der Waals surface area contributed by atoms with Crippen molar-refractivity contribution in [2.24, 2.45) is 10.9 Å². The van der Waals surface area contributed by atoms with Gasteiger partial charge in [0.2, 0.25) is 11.7 Å². The third-order valence-corrected chi connectivity index (χ3v) is 8.87. The van der Waals surface area contributed by atoms with Gasteiger partial charge in [-0.3, -0.25) is 34.1 Å². The normalized spacial score (nSPS) is 18.4. The van der Waals surface area contributed by atoms with Gasteiger partial charge in [-0.05, 0) is 37.5 Å². The molecule has 3 aromatic rings. The molecule has 232 valence electrons. The van der Waals surface area contributed by atoms with Crippen molar-refractivity contribution in [3.05, 3.63) is 108 Å². The van der Waals surface area contributed by atoms with E-state index in [1.54, 1.807) is 36.5 Å². The number of benzene rings is 2. The lowest BCUT2D eigenvalue weighted by atomic mass is 9.96. The lowest BCUT2D eigenvalue weighted by Crippen LogP contribution is -2.64. The van der Waals surface area contributed by atoms with Crippen molar-refractivity contribution in [3.8, 4) is 0 Å². The number of rotatable bonds is 9. The maximum atomic E-state index is 14.8. The van der Waals surface area contributed by atoms with E-state index in [9.17, 15) is 19.2 Å². The SMILES string of the molecule is CC(=O)N([C@@H](Cc1ccccc1)C(=O)C1=NCC(C)(C)S1)N1C(=O)[C@@H](C(C)C)N(C(=O)c2ccccn2)C=C1c1ccccc1. The molecule has 1 aromatic heterocycles. The molecule has 0 saturated carbocycles. The van der Waals surface area contributed by atoms with Crippen molar-refractivity contribution in [2.45, 2.75) is 57.9 Å². The molecule has 0 fully saturated rings. The summed E-state index contributed by atoms with van der Waals surface area (Å²) in [7, 11) is 0. The molecule has 9 nitrogen and oxygen atoms in total. The van der Waals surface area contributed by atoms with Crippen LogP contribution < -0.4 is 0 Å². The van der Waals surface area contributed by atoms with Crippen LogP contribution >= 0.6 is 11.8 Å². The molecule has 0 radical (unpaired) electrons. The number of pyridine rings is 1. The van der Waals surface area contributed by atoms with Crippen molar-refractivity contribution >= 4 is 46.0 Å². The third kappa shape index (κ3) is 6.76. The predicted octanol–water partition coefficient (Wildman–Crippen LogP) is 5.26. The van der Waals surface area contributed by atoms with Crippen LogP contribution in [-0.4, -0.2) is 71.8 Å². The van der Waals surface area contributed by atoms with Crippen LogP contribution in [0.2, 0.25) is 0 Å². The molecule has 10 heteroatoms. The number of ketones is 1. The molecule has 0 bridgehead atoms. The fourth-order valence-corrected chi connectivity index (χ4v) is 6.58. The van der Waals surface area contributed by atoms with Crippen molar-refractivity contribution in [2.75, 3.05) is 6.54 Å². The Kier molecular flexibility index (Phi) is 9.34. The van der Waals surface area contributed by atoms with Crippen LogP contribution in [0.25, 0.3) is 5.70 Å². The molecule has 5 rings (SSSR count). The largest absolute Gasteiger partial charge is 0.299 e. The van der Waals surface area contributed by atoms with Crippen molar-refractivity contribution in [1.29, 1.82) is 0 Å². The molecule has 3 amide bonds. The van der Waals surface area contributed by atoms with E-state index in [2.05, 4.69) is 9.98 Å². The maximum Gasteiger partial charge on any atom is 0.277 e. The summed E-state index contributed by atoms with van der Waals surface area (Å²) in [4.78, 5) is 67.0. The van der Waals surface area contributed by atoms with Crippen molar-refractivity contribution in [1.82, 2.24) is 19.9 Å². The minimum absolute atomic E-state index is 0.161. The number of hydrogen-bond acceptors (Lipinski definition) is 7. The van der Waals surface area contributed by atoms with Crippen LogP contribution in [0.15, 0.2) is 96.3 Å². The minimum atomic E-state index is -1.08. The number of aromatic nitrogens is 1. The number of aliphatic imine (C=N–C) groups is 1. The van der Waals surface area contributed by atoms with E-state index in [0.29, 0.717) is 22.8 Å². The Morgan fingerprint density at radius 1 is 0.978 bits per heavy atom.